The third kappa shape index (κ3) is 4.49. The fourth-order valence-corrected chi connectivity index (χ4v) is 2.69. The third-order valence-corrected chi connectivity index (χ3v) is 4.03. The van der Waals surface area contributed by atoms with Crippen LogP contribution in [0.3, 0.4) is 0 Å². The van der Waals surface area contributed by atoms with Gasteiger partial charge in [0.05, 0.1) is 12.5 Å². The maximum absolute atomic E-state index is 12.1. The van der Waals surface area contributed by atoms with Crippen LogP contribution in [-0.2, 0) is 9.59 Å². The molecule has 0 aromatic rings. The van der Waals surface area contributed by atoms with Crippen LogP contribution >= 0.6 is 0 Å². The van der Waals surface area contributed by atoms with E-state index in [2.05, 4.69) is 12.2 Å². The van der Waals surface area contributed by atoms with Crippen LogP contribution in [0.2, 0.25) is 0 Å². The molecule has 0 heterocycles. The van der Waals surface area contributed by atoms with Gasteiger partial charge in [0.1, 0.15) is 0 Å². The molecular weight excluding hydrogens is 242 g/mol. The summed E-state index contributed by atoms with van der Waals surface area (Å²) in [6, 6.07) is -0.0697. The van der Waals surface area contributed by atoms with E-state index in [1.165, 1.54) is 0 Å². The molecule has 1 aliphatic carbocycles. The van der Waals surface area contributed by atoms with Gasteiger partial charge in [0.2, 0.25) is 11.8 Å². The Morgan fingerprint density at radius 3 is 2.47 bits per heavy atom. The Morgan fingerprint density at radius 1 is 1.26 bits per heavy atom. The highest BCUT2D eigenvalue weighted by Gasteiger charge is 2.31. The summed E-state index contributed by atoms with van der Waals surface area (Å²) in [6.45, 7) is 7.44. The second kappa shape index (κ2) is 7.48. The molecule has 1 saturated carbocycles. The normalized spacial score (nSPS) is 26.8. The predicted octanol–water partition coefficient (Wildman–Crippen LogP) is 0.735. The van der Waals surface area contributed by atoms with Gasteiger partial charge in [-0.25, -0.2) is 0 Å². The number of hydrogen-bond acceptors (Lipinski definition) is 3. The van der Waals surface area contributed by atoms with E-state index in [0.717, 1.165) is 19.3 Å². The number of carbonyl (C=O) groups is 2. The minimum absolute atomic E-state index is 0.0317. The first-order chi connectivity index (χ1) is 8.99. The van der Waals surface area contributed by atoms with E-state index in [-0.39, 0.29) is 30.3 Å². The molecule has 110 valence electrons. The summed E-state index contributed by atoms with van der Waals surface area (Å²) in [4.78, 5) is 25.6. The Kier molecular flexibility index (Phi) is 6.28. The zero-order chi connectivity index (χ0) is 14.4. The monoisotopic (exact) mass is 269 g/mol. The number of nitrogens with zero attached hydrogens (tertiary/aromatic N) is 1. The van der Waals surface area contributed by atoms with Crippen molar-refractivity contribution in [1.29, 1.82) is 0 Å². The van der Waals surface area contributed by atoms with Crippen LogP contribution in [0.5, 0.6) is 0 Å². The van der Waals surface area contributed by atoms with Crippen LogP contribution in [0, 0.1) is 11.8 Å². The molecule has 3 N–H and O–H groups in total. The van der Waals surface area contributed by atoms with Crippen LogP contribution in [0.1, 0.15) is 40.0 Å². The van der Waals surface area contributed by atoms with E-state index in [1.807, 2.05) is 13.8 Å². The zero-order valence-electron chi connectivity index (χ0n) is 12.3. The first-order valence-corrected chi connectivity index (χ1v) is 7.30. The Balaban J connectivity index is 2.44. The van der Waals surface area contributed by atoms with Crippen molar-refractivity contribution in [2.45, 2.75) is 46.1 Å². The second-order valence-electron chi connectivity index (χ2n) is 5.47. The number of likely N-dealkylation sites (N-methyl/N-ethyl adjacent to an activating group) is 1. The Hall–Kier alpha value is -1.10. The number of nitrogens with two attached hydrogens (primary N) is 1. The van der Waals surface area contributed by atoms with Crippen molar-refractivity contribution in [3.05, 3.63) is 0 Å². The lowest BCUT2D eigenvalue weighted by molar-refractivity contribution is -0.134. The fraction of sp³-hybridized carbons (Fsp3) is 0.857. The molecule has 2 amide bonds. The molecule has 0 bridgehead atoms. The minimum Gasteiger partial charge on any atom is -0.347 e. The van der Waals surface area contributed by atoms with E-state index in [1.54, 1.807) is 4.90 Å². The average Bonchev–Trinajstić information content (AvgIpc) is 2.40. The molecule has 19 heavy (non-hydrogen) atoms. The van der Waals surface area contributed by atoms with Crippen LogP contribution in [0.4, 0.5) is 0 Å². The van der Waals surface area contributed by atoms with E-state index in [0.29, 0.717) is 19.0 Å². The number of carbonyl (C=O) groups excluding carboxylic acids is 2. The van der Waals surface area contributed by atoms with Crippen molar-refractivity contribution < 1.29 is 9.59 Å². The summed E-state index contributed by atoms with van der Waals surface area (Å²) in [6.07, 6.45) is 2.80. The van der Waals surface area contributed by atoms with Crippen molar-refractivity contribution in [1.82, 2.24) is 10.2 Å². The zero-order valence-corrected chi connectivity index (χ0v) is 12.3. The summed E-state index contributed by atoms with van der Waals surface area (Å²) in [7, 11) is 0. The van der Waals surface area contributed by atoms with Gasteiger partial charge < -0.3 is 16.0 Å². The molecule has 1 aliphatic rings. The molecule has 3 atom stereocenters. The molecule has 3 unspecified atom stereocenters. The highest BCUT2D eigenvalue weighted by atomic mass is 16.2. The van der Waals surface area contributed by atoms with Gasteiger partial charge in [-0.1, -0.05) is 6.92 Å². The first-order valence-electron chi connectivity index (χ1n) is 7.30. The van der Waals surface area contributed by atoms with Crippen molar-refractivity contribution in [3.63, 3.8) is 0 Å². The topological polar surface area (TPSA) is 75.4 Å². The van der Waals surface area contributed by atoms with Gasteiger partial charge in [-0.3, -0.25) is 9.59 Å². The van der Waals surface area contributed by atoms with Crippen LogP contribution in [0.25, 0.3) is 0 Å². The number of amides is 2. The molecule has 5 nitrogen and oxygen atoms in total. The second-order valence-corrected chi connectivity index (χ2v) is 5.47. The summed E-state index contributed by atoms with van der Waals surface area (Å²) in [5.74, 6) is 0.289. The number of rotatable bonds is 5. The van der Waals surface area contributed by atoms with E-state index in [4.69, 9.17) is 5.73 Å². The quantitative estimate of drug-likeness (QED) is 0.773. The average molecular weight is 269 g/mol. The van der Waals surface area contributed by atoms with Gasteiger partial charge in [0.15, 0.2) is 0 Å². The molecule has 0 saturated heterocycles. The highest BCUT2D eigenvalue weighted by Crippen LogP contribution is 2.27. The largest absolute Gasteiger partial charge is 0.347 e. The summed E-state index contributed by atoms with van der Waals surface area (Å²) in [5.41, 5.74) is 6.00. The number of nitrogens with one attached hydrogen (secondary N) is 1. The van der Waals surface area contributed by atoms with Gasteiger partial charge in [0, 0.05) is 19.1 Å². The smallest absolute Gasteiger partial charge is 0.241 e. The summed E-state index contributed by atoms with van der Waals surface area (Å²) >= 11 is 0. The molecule has 0 aromatic carbocycles. The Bertz CT molecular complexity index is 316. The molecular formula is C14H27N3O2. The molecule has 1 rings (SSSR count). The van der Waals surface area contributed by atoms with Gasteiger partial charge in [-0.15, -0.1) is 0 Å². The molecule has 1 fully saturated rings. The molecule has 0 aliphatic heterocycles. The standard InChI is InChI=1S/C14H27N3O2/c1-4-17(5-2)13(18)9-16-14(19)11-8-10(3)6-7-12(11)15/h10-12H,4-9,15H2,1-3H3,(H,16,19). The van der Waals surface area contributed by atoms with Crippen LogP contribution in [0.15, 0.2) is 0 Å². The fourth-order valence-electron chi connectivity index (χ4n) is 2.69. The van der Waals surface area contributed by atoms with E-state index >= 15 is 0 Å². The van der Waals surface area contributed by atoms with Gasteiger partial charge in [0.25, 0.3) is 0 Å². The Morgan fingerprint density at radius 2 is 1.89 bits per heavy atom. The number of hydrogen-bond donors (Lipinski definition) is 2. The molecule has 0 spiro atoms. The molecule has 0 radical (unpaired) electrons. The highest BCUT2D eigenvalue weighted by molar-refractivity contribution is 5.86. The van der Waals surface area contributed by atoms with Crippen molar-refractivity contribution in [2.75, 3.05) is 19.6 Å². The lowest BCUT2D eigenvalue weighted by Gasteiger charge is -2.31. The van der Waals surface area contributed by atoms with Gasteiger partial charge >= 0.3 is 0 Å². The summed E-state index contributed by atoms with van der Waals surface area (Å²) in [5, 5.41) is 2.74. The summed E-state index contributed by atoms with van der Waals surface area (Å²) < 4.78 is 0. The van der Waals surface area contributed by atoms with E-state index < -0.39 is 0 Å². The predicted molar refractivity (Wildman–Crippen MR) is 75.4 cm³/mol. The minimum atomic E-state index is -0.145. The SMILES string of the molecule is CCN(CC)C(=O)CNC(=O)C1CC(C)CCC1N. The molecule has 5 heteroatoms. The molecule has 0 aromatic heterocycles. The first kappa shape index (κ1) is 16.0. The van der Waals surface area contributed by atoms with Gasteiger partial charge in [-0.05, 0) is 39.0 Å². The van der Waals surface area contributed by atoms with Crippen LogP contribution in [-0.4, -0.2) is 42.4 Å². The van der Waals surface area contributed by atoms with E-state index in [9.17, 15) is 9.59 Å². The van der Waals surface area contributed by atoms with Crippen molar-refractivity contribution >= 4 is 11.8 Å². The maximum atomic E-state index is 12.1. The van der Waals surface area contributed by atoms with Crippen molar-refractivity contribution in [3.8, 4) is 0 Å². The lowest BCUT2D eigenvalue weighted by atomic mass is 9.79. The van der Waals surface area contributed by atoms with Crippen LogP contribution < -0.4 is 11.1 Å². The third-order valence-electron chi connectivity index (χ3n) is 4.03. The lowest BCUT2D eigenvalue weighted by Crippen LogP contribution is -2.48. The maximum Gasteiger partial charge on any atom is 0.241 e. The van der Waals surface area contributed by atoms with Crippen molar-refractivity contribution in [2.24, 2.45) is 17.6 Å². The Labute approximate surface area is 115 Å². The van der Waals surface area contributed by atoms with Gasteiger partial charge in [-0.2, -0.15) is 0 Å².